The lowest BCUT2D eigenvalue weighted by molar-refractivity contribution is 0.0372. The van der Waals surface area contributed by atoms with E-state index in [-0.39, 0.29) is 11.8 Å². The standard InChI is InChI=1S/C16H19N7O/c1-11-6-21-15(23-16-10-19-12(5-17)7-22-16)4-14(11)20-9-13-8-18-2-3-24-13/h4,6-7,10,13,18H,2-3,8-9H2,1H3,(H2,20,21,22,23)/t13-/m0/s1. The highest BCUT2D eigenvalue weighted by atomic mass is 16.5. The highest BCUT2D eigenvalue weighted by Gasteiger charge is 2.13. The quantitative estimate of drug-likeness (QED) is 0.752. The van der Waals surface area contributed by atoms with E-state index in [9.17, 15) is 0 Å². The zero-order valence-corrected chi connectivity index (χ0v) is 13.4. The maximum Gasteiger partial charge on any atom is 0.158 e. The lowest BCUT2D eigenvalue weighted by atomic mass is 10.2. The molecule has 1 saturated heterocycles. The number of nitrogens with one attached hydrogen (secondary N) is 3. The Hall–Kier alpha value is -2.76. The molecular formula is C16H19N7O. The molecule has 1 atom stereocenters. The van der Waals surface area contributed by atoms with E-state index in [1.54, 1.807) is 6.20 Å². The fourth-order valence-electron chi connectivity index (χ4n) is 2.34. The van der Waals surface area contributed by atoms with Crippen LogP contribution < -0.4 is 16.0 Å². The average molecular weight is 325 g/mol. The summed E-state index contributed by atoms with van der Waals surface area (Å²) in [6.07, 6.45) is 4.88. The third-order valence-electron chi connectivity index (χ3n) is 3.65. The average Bonchev–Trinajstić information content (AvgIpc) is 2.63. The lowest BCUT2D eigenvalue weighted by Crippen LogP contribution is -2.42. The molecule has 8 nitrogen and oxygen atoms in total. The van der Waals surface area contributed by atoms with E-state index in [0.717, 1.165) is 37.5 Å². The van der Waals surface area contributed by atoms with E-state index in [1.807, 2.05) is 19.1 Å². The molecule has 24 heavy (non-hydrogen) atoms. The van der Waals surface area contributed by atoms with Crippen LogP contribution in [0, 0.1) is 18.3 Å². The molecule has 0 saturated carbocycles. The van der Waals surface area contributed by atoms with Gasteiger partial charge in [-0.15, -0.1) is 0 Å². The number of nitrogens with zero attached hydrogens (tertiary/aromatic N) is 4. The van der Waals surface area contributed by atoms with Crippen molar-refractivity contribution in [2.45, 2.75) is 13.0 Å². The monoisotopic (exact) mass is 325 g/mol. The number of rotatable bonds is 5. The second kappa shape index (κ2) is 7.68. The fraction of sp³-hybridized carbons (Fsp3) is 0.375. The van der Waals surface area contributed by atoms with Crippen LogP contribution in [0.3, 0.4) is 0 Å². The Kier molecular flexibility index (Phi) is 5.15. The predicted octanol–water partition coefficient (Wildman–Crippen LogP) is 1.20. The molecule has 8 heteroatoms. The molecule has 3 rings (SSSR count). The van der Waals surface area contributed by atoms with Crippen molar-refractivity contribution in [3.05, 3.63) is 35.9 Å². The number of nitriles is 1. The molecule has 2 aromatic heterocycles. The molecule has 3 N–H and O–H groups in total. The van der Waals surface area contributed by atoms with Gasteiger partial charge >= 0.3 is 0 Å². The Bertz CT molecular complexity index is 720. The predicted molar refractivity (Wildman–Crippen MR) is 90.1 cm³/mol. The largest absolute Gasteiger partial charge is 0.382 e. The van der Waals surface area contributed by atoms with Crippen molar-refractivity contribution >= 4 is 17.3 Å². The molecule has 0 bridgehead atoms. The summed E-state index contributed by atoms with van der Waals surface area (Å²) in [5.74, 6) is 1.20. The van der Waals surface area contributed by atoms with E-state index < -0.39 is 0 Å². The van der Waals surface area contributed by atoms with Gasteiger partial charge in [-0.05, 0) is 12.5 Å². The maximum absolute atomic E-state index is 8.74. The number of morpholine rings is 1. The van der Waals surface area contributed by atoms with Gasteiger partial charge in [0.2, 0.25) is 0 Å². The van der Waals surface area contributed by atoms with Gasteiger partial charge in [0.1, 0.15) is 17.7 Å². The summed E-state index contributed by atoms with van der Waals surface area (Å²) in [6.45, 7) is 5.23. The van der Waals surface area contributed by atoms with Crippen LogP contribution in [0.4, 0.5) is 17.3 Å². The normalized spacial score (nSPS) is 17.1. The SMILES string of the molecule is Cc1cnc(Nc2cnc(C#N)cn2)cc1NC[C@@H]1CNCCO1. The molecule has 0 spiro atoms. The Balaban J connectivity index is 1.65. The van der Waals surface area contributed by atoms with Crippen molar-refractivity contribution in [3.63, 3.8) is 0 Å². The van der Waals surface area contributed by atoms with Crippen molar-refractivity contribution in [1.82, 2.24) is 20.3 Å². The first-order chi connectivity index (χ1) is 11.7. The minimum Gasteiger partial charge on any atom is -0.382 e. The van der Waals surface area contributed by atoms with Gasteiger partial charge in [-0.3, -0.25) is 0 Å². The van der Waals surface area contributed by atoms with Crippen LogP contribution in [0.15, 0.2) is 24.7 Å². The smallest absolute Gasteiger partial charge is 0.158 e. The topological polar surface area (TPSA) is 108 Å². The molecule has 0 unspecified atom stereocenters. The second-order valence-corrected chi connectivity index (χ2v) is 5.49. The number of pyridine rings is 1. The molecule has 1 aliphatic rings. The first-order valence-corrected chi connectivity index (χ1v) is 7.76. The molecule has 0 radical (unpaired) electrons. The van der Waals surface area contributed by atoms with Crippen molar-refractivity contribution < 1.29 is 4.74 Å². The lowest BCUT2D eigenvalue weighted by Gasteiger charge is -2.24. The molecule has 1 fully saturated rings. The van der Waals surface area contributed by atoms with E-state index in [1.165, 1.54) is 12.4 Å². The first kappa shape index (κ1) is 16.1. The van der Waals surface area contributed by atoms with Crippen molar-refractivity contribution in [3.8, 4) is 6.07 Å². The van der Waals surface area contributed by atoms with Gasteiger partial charge in [0, 0.05) is 37.6 Å². The highest BCUT2D eigenvalue weighted by molar-refractivity contribution is 5.61. The minimum absolute atomic E-state index is 0.159. The molecule has 0 aliphatic carbocycles. The number of ether oxygens (including phenoxy) is 1. The zero-order valence-electron chi connectivity index (χ0n) is 13.4. The summed E-state index contributed by atoms with van der Waals surface area (Å²) in [5.41, 5.74) is 2.32. The summed E-state index contributed by atoms with van der Waals surface area (Å²) in [5, 5.41) is 18.5. The molecule has 2 aromatic rings. The number of aromatic nitrogens is 3. The molecule has 3 heterocycles. The van der Waals surface area contributed by atoms with Crippen LogP contribution in [0.2, 0.25) is 0 Å². The first-order valence-electron chi connectivity index (χ1n) is 7.76. The summed E-state index contributed by atoms with van der Waals surface area (Å²) in [6, 6.07) is 3.86. The van der Waals surface area contributed by atoms with Crippen molar-refractivity contribution in [1.29, 1.82) is 5.26 Å². The molecule has 0 aromatic carbocycles. The Morgan fingerprint density at radius 2 is 2.17 bits per heavy atom. The fourth-order valence-corrected chi connectivity index (χ4v) is 2.34. The number of anilines is 3. The summed E-state index contributed by atoms with van der Waals surface area (Å²) >= 11 is 0. The molecule has 1 aliphatic heterocycles. The van der Waals surface area contributed by atoms with E-state index in [2.05, 4.69) is 30.9 Å². The Labute approximate surface area is 140 Å². The van der Waals surface area contributed by atoms with E-state index in [0.29, 0.717) is 11.6 Å². The van der Waals surface area contributed by atoms with Crippen molar-refractivity contribution in [2.24, 2.45) is 0 Å². The molecule has 124 valence electrons. The van der Waals surface area contributed by atoms with Crippen LogP contribution >= 0.6 is 0 Å². The summed E-state index contributed by atoms with van der Waals surface area (Å²) in [7, 11) is 0. The van der Waals surface area contributed by atoms with Gasteiger partial charge in [-0.25, -0.2) is 15.0 Å². The van der Waals surface area contributed by atoms with Gasteiger partial charge in [-0.1, -0.05) is 0 Å². The molecule has 0 amide bonds. The van der Waals surface area contributed by atoms with Gasteiger partial charge in [-0.2, -0.15) is 5.26 Å². The zero-order chi connectivity index (χ0) is 16.8. The van der Waals surface area contributed by atoms with E-state index >= 15 is 0 Å². The van der Waals surface area contributed by atoms with Gasteiger partial charge in [0.15, 0.2) is 5.69 Å². The van der Waals surface area contributed by atoms with Crippen LogP contribution in [-0.4, -0.2) is 47.3 Å². The Morgan fingerprint density at radius 3 is 2.88 bits per heavy atom. The number of hydrogen-bond donors (Lipinski definition) is 3. The minimum atomic E-state index is 0.159. The van der Waals surface area contributed by atoms with Crippen LogP contribution in [0.1, 0.15) is 11.3 Å². The maximum atomic E-state index is 8.74. The van der Waals surface area contributed by atoms with E-state index in [4.69, 9.17) is 10.00 Å². The third-order valence-corrected chi connectivity index (χ3v) is 3.65. The van der Waals surface area contributed by atoms with Gasteiger partial charge in [0.05, 0.1) is 25.1 Å². The van der Waals surface area contributed by atoms with Gasteiger partial charge in [0.25, 0.3) is 0 Å². The van der Waals surface area contributed by atoms with Crippen molar-refractivity contribution in [2.75, 3.05) is 36.9 Å². The number of aryl methyl sites for hydroxylation is 1. The van der Waals surface area contributed by atoms with Crippen LogP contribution in [0.25, 0.3) is 0 Å². The highest BCUT2D eigenvalue weighted by Crippen LogP contribution is 2.20. The van der Waals surface area contributed by atoms with Crippen LogP contribution in [0.5, 0.6) is 0 Å². The second-order valence-electron chi connectivity index (χ2n) is 5.49. The van der Waals surface area contributed by atoms with Gasteiger partial charge < -0.3 is 20.7 Å². The molecular weight excluding hydrogens is 306 g/mol. The number of hydrogen-bond acceptors (Lipinski definition) is 8. The van der Waals surface area contributed by atoms with Crippen LogP contribution in [-0.2, 0) is 4.74 Å². The Morgan fingerprint density at radius 1 is 1.29 bits per heavy atom. The third kappa shape index (κ3) is 4.16. The summed E-state index contributed by atoms with van der Waals surface area (Å²) < 4.78 is 5.69. The summed E-state index contributed by atoms with van der Waals surface area (Å²) in [4.78, 5) is 12.5.